The van der Waals surface area contributed by atoms with Gasteiger partial charge in [0.25, 0.3) is 5.91 Å². The molecular weight excluding hydrogens is 350 g/mol. The highest BCUT2D eigenvalue weighted by molar-refractivity contribution is 6.02. The molecular formula is C19H21N3O5. The molecule has 1 aliphatic heterocycles. The fourth-order valence-electron chi connectivity index (χ4n) is 2.53. The van der Waals surface area contributed by atoms with E-state index in [1.165, 1.54) is 11.0 Å². The first-order chi connectivity index (χ1) is 13.0. The zero-order valence-electron chi connectivity index (χ0n) is 14.8. The molecule has 4 amide bonds. The van der Waals surface area contributed by atoms with Gasteiger partial charge in [0.2, 0.25) is 5.91 Å². The van der Waals surface area contributed by atoms with Crippen LogP contribution >= 0.6 is 0 Å². The molecule has 1 fully saturated rings. The van der Waals surface area contributed by atoms with Gasteiger partial charge in [0.1, 0.15) is 0 Å². The lowest BCUT2D eigenvalue weighted by atomic mass is 10.1. The van der Waals surface area contributed by atoms with Crippen molar-refractivity contribution in [1.82, 2.24) is 15.1 Å². The largest absolute Gasteiger partial charge is 0.452 e. The Labute approximate surface area is 157 Å². The predicted octanol–water partition coefficient (Wildman–Crippen LogP) is 1.10. The number of carbonyl (C=O) groups excluding carboxylic acids is 4. The third-order valence-electron chi connectivity index (χ3n) is 3.88. The molecule has 1 aromatic rings. The Kier molecular flexibility index (Phi) is 6.87. The summed E-state index contributed by atoms with van der Waals surface area (Å²) in [7, 11) is 0. The van der Waals surface area contributed by atoms with Crippen molar-refractivity contribution in [3.63, 3.8) is 0 Å². The summed E-state index contributed by atoms with van der Waals surface area (Å²) < 4.78 is 5.12. The first-order valence-corrected chi connectivity index (χ1v) is 8.30. The minimum absolute atomic E-state index is 0.0526. The second kappa shape index (κ2) is 9.33. The summed E-state index contributed by atoms with van der Waals surface area (Å²) in [6, 6.07) is 5.95. The second-order valence-corrected chi connectivity index (χ2v) is 5.75. The van der Waals surface area contributed by atoms with Gasteiger partial charge in [-0.2, -0.15) is 0 Å². The molecule has 8 nitrogen and oxygen atoms in total. The summed E-state index contributed by atoms with van der Waals surface area (Å²) in [5.74, 6) is -1.46. The minimum atomic E-state index is -0.705. The standard InChI is InChI=1S/C19H21N3O5/c1-3-9-21(10-4-2)17(24)13-27-18(25)15-8-6-5-7-14(15)12-22-16(23)11-20-19(22)26/h3-8H,1-2,9-13H2,(H,20,26). The van der Waals surface area contributed by atoms with E-state index in [2.05, 4.69) is 18.5 Å². The second-order valence-electron chi connectivity index (χ2n) is 5.75. The third kappa shape index (κ3) is 5.04. The summed E-state index contributed by atoms with van der Waals surface area (Å²) in [6.45, 7) is 7.23. The minimum Gasteiger partial charge on any atom is -0.452 e. The molecule has 0 saturated carbocycles. The van der Waals surface area contributed by atoms with Crippen LogP contribution in [0.3, 0.4) is 0 Å². The zero-order valence-corrected chi connectivity index (χ0v) is 14.8. The lowest BCUT2D eigenvalue weighted by Gasteiger charge is -2.19. The fourth-order valence-corrected chi connectivity index (χ4v) is 2.53. The average Bonchev–Trinajstić information content (AvgIpc) is 2.98. The highest BCUT2D eigenvalue weighted by Gasteiger charge is 2.29. The van der Waals surface area contributed by atoms with Gasteiger partial charge in [0, 0.05) is 13.1 Å². The van der Waals surface area contributed by atoms with Gasteiger partial charge in [-0.1, -0.05) is 30.4 Å². The Morgan fingerprint density at radius 2 is 1.85 bits per heavy atom. The topological polar surface area (TPSA) is 96.0 Å². The van der Waals surface area contributed by atoms with Crippen molar-refractivity contribution in [2.24, 2.45) is 0 Å². The summed E-state index contributed by atoms with van der Waals surface area (Å²) in [6.07, 6.45) is 3.13. The van der Waals surface area contributed by atoms with Crippen molar-refractivity contribution < 1.29 is 23.9 Å². The maximum absolute atomic E-state index is 12.4. The Morgan fingerprint density at radius 1 is 1.19 bits per heavy atom. The first kappa shape index (κ1) is 19.9. The summed E-state index contributed by atoms with van der Waals surface area (Å²) >= 11 is 0. The maximum Gasteiger partial charge on any atom is 0.338 e. The van der Waals surface area contributed by atoms with Gasteiger partial charge >= 0.3 is 12.0 Å². The Hall–Kier alpha value is -3.42. The van der Waals surface area contributed by atoms with E-state index >= 15 is 0 Å². The van der Waals surface area contributed by atoms with Crippen LogP contribution in [-0.4, -0.2) is 59.9 Å². The summed E-state index contributed by atoms with van der Waals surface area (Å²) in [5, 5.41) is 2.42. The Balaban J connectivity index is 2.05. The van der Waals surface area contributed by atoms with E-state index in [-0.39, 0.29) is 30.5 Å². The SMILES string of the molecule is C=CCN(CC=C)C(=O)COC(=O)c1ccccc1CN1C(=O)CNC1=O. The van der Waals surface area contributed by atoms with Crippen LogP contribution in [0.25, 0.3) is 0 Å². The zero-order chi connectivity index (χ0) is 19.8. The Morgan fingerprint density at radius 3 is 2.44 bits per heavy atom. The van der Waals surface area contributed by atoms with E-state index in [1.807, 2.05) is 0 Å². The number of amides is 4. The number of hydrogen-bond donors (Lipinski definition) is 1. The number of hydrogen-bond acceptors (Lipinski definition) is 5. The quantitative estimate of drug-likeness (QED) is 0.398. The Bertz CT molecular complexity index is 748. The first-order valence-electron chi connectivity index (χ1n) is 8.30. The molecule has 0 aliphatic carbocycles. The van der Waals surface area contributed by atoms with E-state index in [9.17, 15) is 19.2 Å². The molecule has 1 saturated heterocycles. The number of nitrogens with zero attached hydrogens (tertiary/aromatic N) is 2. The maximum atomic E-state index is 12.4. The van der Waals surface area contributed by atoms with Gasteiger partial charge in [0.05, 0.1) is 18.7 Å². The van der Waals surface area contributed by atoms with Crippen molar-refractivity contribution in [3.05, 3.63) is 60.7 Å². The molecule has 1 aliphatic rings. The molecule has 0 radical (unpaired) electrons. The molecule has 1 N–H and O–H groups in total. The smallest absolute Gasteiger partial charge is 0.338 e. The summed E-state index contributed by atoms with van der Waals surface area (Å²) in [5.41, 5.74) is 0.645. The van der Waals surface area contributed by atoms with Crippen LogP contribution in [0.1, 0.15) is 15.9 Å². The van der Waals surface area contributed by atoms with Gasteiger partial charge in [0.15, 0.2) is 6.61 Å². The number of carbonyl (C=O) groups is 4. The lowest BCUT2D eigenvalue weighted by Crippen LogP contribution is -2.35. The molecule has 142 valence electrons. The number of benzene rings is 1. The van der Waals surface area contributed by atoms with Crippen molar-refractivity contribution >= 4 is 23.8 Å². The van der Waals surface area contributed by atoms with E-state index in [0.29, 0.717) is 18.7 Å². The van der Waals surface area contributed by atoms with Crippen LogP contribution in [0.15, 0.2) is 49.6 Å². The molecule has 0 spiro atoms. The molecule has 0 bridgehead atoms. The van der Waals surface area contributed by atoms with Gasteiger partial charge in [-0.25, -0.2) is 9.59 Å². The van der Waals surface area contributed by atoms with Gasteiger partial charge in [-0.15, -0.1) is 13.2 Å². The van der Waals surface area contributed by atoms with Crippen molar-refractivity contribution in [3.8, 4) is 0 Å². The van der Waals surface area contributed by atoms with E-state index in [0.717, 1.165) is 4.90 Å². The molecule has 0 unspecified atom stereocenters. The highest BCUT2D eigenvalue weighted by atomic mass is 16.5. The molecule has 0 aromatic heterocycles. The third-order valence-corrected chi connectivity index (χ3v) is 3.88. The lowest BCUT2D eigenvalue weighted by molar-refractivity contribution is -0.133. The van der Waals surface area contributed by atoms with E-state index in [1.54, 1.807) is 30.4 Å². The van der Waals surface area contributed by atoms with Crippen LogP contribution < -0.4 is 5.32 Å². The molecule has 27 heavy (non-hydrogen) atoms. The number of nitrogens with one attached hydrogen (secondary N) is 1. The summed E-state index contributed by atoms with van der Waals surface area (Å²) in [4.78, 5) is 50.5. The molecule has 2 rings (SSSR count). The average molecular weight is 371 g/mol. The predicted molar refractivity (Wildman–Crippen MR) is 97.6 cm³/mol. The van der Waals surface area contributed by atoms with Crippen molar-refractivity contribution in [1.29, 1.82) is 0 Å². The fraction of sp³-hybridized carbons (Fsp3) is 0.263. The molecule has 0 atom stereocenters. The molecule has 8 heteroatoms. The molecule has 1 aromatic carbocycles. The van der Waals surface area contributed by atoms with Crippen LogP contribution in [0.4, 0.5) is 4.79 Å². The van der Waals surface area contributed by atoms with Gasteiger partial charge in [-0.05, 0) is 11.6 Å². The number of ether oxygens (including phenoxy) is 1. The van der Waals surface area contributed by atoms with Crippen LogP contribution in [-0.2, 0) is 20.9 Å². The van der Waals surface area contributed by atoms with Gasteiger partial charge in [-0.3, -0.25) is 14.5 Å². The van der Waals surface area contributed by atoms with Crippen LogP contribution in [0.5, 0.6) is 0 Å². The van der Waals surface area contributed by atoms with Gasteiger partial charge < -0.3 is 15.0 Å². The van der Waals surface area contributed by atoms with E-state index in [4.69, 9.17) is 4.74 Å². The highest BCUT2D eigenvalue weighted by Crippen LogP contribution is 2.15. The number of rotatable bonds is 9. The monoisotopic (exact) mass is 371 g/mol. The number of imide groups is 1. The van der Waals surface area contributed by atoms with Crippen LogP contribution in [0, 0.1) is 0 Å². The molecule has 1 heterocycles. The number of urea groups is 1. The van der Waals surface area contributed by atoms with Crippen molar-refractivity contribution in [2.75, 3.05) is 26.2 Å². The van der Waals surface area contributed by atoms with Crippen molar-refractivity contribution in [2.45, 2.75) is 6.54 Å². The van der Waals surface area contributed by atoms with Crippen LogP contribution in [0.2, 0.25) is 0 Å². The normalized spacial score (nSPS) is 13.1. The van der Waals surface area contributed by atoms with E-state index < -0.39 is 18.6 Å². The number of esters is 1.